The minimum absolute atomic E-state index is 0.159. The molecule has 0 aliphatic carbocycles. The summed E-state index contributed by atoms with van der Waals surface area (Å²) in [5, 5.41) is 0. The fourth-order valence-electron chi connectivity index (χ4n) is 2.26. The van der Waals surface area contributed by atoms with E-state index in [-0.39, 0.29) is 12.0 Å². The predicted octanol–water partition coefficient (Wildman–Crippen LogP) is 1.92. The van der Waals surface area contributed by atoms with Gasteiger partial charge in [0.15, 0.2) is 0 Å². The third-order valence-electron chi connectivity index (χ3n) is 3.17. The molecule has 1 fully saturated rings. The van der Waals surface area contributed by atoms with Crippen molar-refractivity contribution in [3.63, 3.8) is 0 Å². The molecule has 1 aromatic rings. The maximum atomic E-state index is 11.7. The van der Waals surface area contributed by atoms with Crippen molar-refractivity contribution < 1.29 is 9.53 Å². The minimum atomic E-state index is -0.178. The molecule has 0 aromatic carbocycles. The van der Waals surface area contributed by atoms with Crippen LogP contribution in [0, 0.1) is 6.92 Å². The minimum Gasteiger partial charge on any atom is -0.467 e. The Labute approximate surface area is 102 Å². The average Bonchev–Trinajstić information content (AvgIpc) is 2.38. The number of carbonyl (C=O) groups is 1. The summed E-state index contributed by atoms with van der Waals surface area (Å²) in [5.74, 6) is 0.716. The summed E-state index contributed by atoms with van der Waals surface area (Å²) >= 11 is 0. The molecule has 17 heavy (non-hydrogen) atoms. The molecule has 0 radical (unpaired) electrons. The summed E-state index contributed by atoms with van der Waals surface area (Å²) in [4.78, 5) is 18.2. The number of carbonyl (C=O) groups excluding carboxylic acids is 1. The Morgan fingerprint density at radius 2 is 2.35 bits per heavy atom. The van der Waals surface area contributed by atoms with E-state index in [2.05, 4.69) is 9.88 Å². The number of esters is 1. The lowest BCUT2D eigenvalue weighted by atomic mass is 10.0. The lowest BCUT2D eigenvalue weighted by Crippen LogP contribution is -2.45. The molecule has 1 aliphatic rings. The topological polar surface area (TPSA) is 42.4 Å². The Balaban J connectivity index is 2.24. The second-order valence-electron chi connectivity index (χ2n) is 4.42. The van der Waals surface area contributed by atoms with E-state index in [1.165, 1.54) is 7.11 Å². The van der Waals surface area contributed by atoms with Gasteiger partial charge in [-0.2, -0.15) is 0 Å². The number of aryl methyl sites for hydroxylation is 1. The van der Waals surface area contributed by atoms with Crippen LogP contribution >= 0.6 is 0 Å². The van der Waals surface area contributed by atoms with Gasteiger partial charge < -0.3 is 9.64 Å². The molecule has 2 heterocycles. The number of aromatic nitrogens is 1. The highest BCUT2D eigenvalue weighted by molar-refractivity contribution is 5.79. The molecular weight excluding hydrogens is 216 g/mol. The van der Waals surface area contributed by atoms with Crippen molar-refractivity contribution in [3.05, 3.63) is 23.9 Å². The van der Waals surface area contributed by atoms with Gasteiger partial charge in [-0.1, -0.05) is 0 Å². The third kappa shape index (κ3) is 2.57. The van der Waals surface area contributed by atoms with Crippen LogP contribution in [-0.4, -0.2) is 30.6 Å². The van der Waals surface area contributed by atoms with Crippen molar-refractivity contribution in [3.8, 4) is 0 Å². The first-order valence-electron chi connectivity index (χ1n) is 5.99. The van der Waals surface area contributed by atoms with Crippen LogP contribution < -0.4 is 4.90 Å². The van der Waals surface area contributed by atoms with Crippen molar-refractivity contribution in [1.29, 1.82) is 0 Å². The quantitative estimate of drug-likeness (QED) is 0.733. The van der Waals surface area contributed by atoms with E-state index in [0.717, 1.165) is 37.2 Å². The van der Waals surface area contributed by atoms with E-state index in [1.807, 2.05) is 19.1 Å². The van der Waals surface area contributed by atoms with Crippen molar-refractivity contribution in [2.75, 3.05) is 18.6 Å². The van der Waals surface area contributed by atoms with Crippen molar-refractivity contribution >= 4 is 11.8 Å². The van der Waals surface area contributed by atoms with Crippen LogP contribution in [-0.2, 0) is 9.53 Å². The van der Waals surface area contributed by atoms with E-state index in [9.17, 15) is 4.79 Å². The molecule has 1 aromatic heterocycles. The number of nitrogens with zero attached hydrogens (tertiary/aromatic N) is 2. The summed E-state index contributed by atoms with van der Waals surface area (Å²) < 4.78 is 4.86. The van der Waals surface area contributed by atoms with Gasteiger partial charge in [0, 0.05) is 12.7 Å². The van der Waals surface area contributed by atoms with Gasteiger partial charge in [0.1, 0.15) is 11.9 Å². The van der Waals surface area contributed by atoms with E-state index in [1.54, 1.807) is 6.20 Å². The molecular formula is C13H18N2O2. The highest BCUT2D eigenvalue weighted by atomic mass is 16.5. The molecule has 0 spiro atoms. The Hall–Kier alpha value is -1.58. The molecule has 1 aliphatic heterocycles. The zero-order valence-electron chi connectivity index (χ0n) is 10.3. The smallest absolute Gasteiger partial charge is 0.328 e. The zero-order valence-corrected chi connectivity index (χ0v) is 10.3. The molecule has 1 unspecified atom stereocenters. The van der Waals surface area contributed by atoms with Crippen molar-refractivity contribution in [1.82, 2.24) is 4.98 Å². The van der Waals surface area contributed by atoms with Crippen LogP contribution in [0.5, 0.6) is 0 Å². The van der Waals surface area contributed by atoms with Crippen LogP contribution in [0.15, 0.2) is 18.3 Å². The number of pyridine rings is 1. The van der Waals surface area contributed by atoms with E-state index < -0.39 is 0 Å². The number of piperidine rings is 1. The number of hydrogen-bond acceptors (Lipinski definition) is 4. The molecule has 4 nitrogen and oxygen atoms in total. The monoisotopic (exact) mass is 234 g/mol. The molecule has 4 heteroatoms. The van der Waals surface area contributed by atoms with E-state index >= 15 is 0 Å². The molecule has 92 valence electrons. The average molecular weight is 234 g/mol. The summed E-state index contributed by atoms with van der Waals surface area (Å²) in [6, 6.07) is 3.80. The molecule has 1 atom stereocenters. The number of rotatable bonds is 2. The van der Waals surface area contributed by atoms with Crippen LogP contribution in [0.3, 0.4) is 0 Å². The predicted molar refractivity (Wildman–Crippen MR) is 66.0 cm³/mol. The van der Waals surface area contributed by atoms with Crippen molar-refractivity contribution in [2.24, 2.45) is 0 Å². The first-order valence-corrected chi connectivity index (χ1v) is 5.99. The second kappa shape index (κ2) is 5.17. The number of ether oxygens (including phenoxy) is 1. The number of hydrogen-bond donors (Lipinski definition) is 0. The molecule has 0 amide bonds. The van der Waals surface area contributed by atoms with Gasteiger partial charge in [-0.15, -0.1) is 0 Å². The van der Waals surface area contributed by atoms with Gasteiger partial charge in [0.25, 0.3) is 0 Å². The summed E-state index contributed by atoms with van der Waals surface area (Å²) in [6.45, 7) is 2.90. The van der Waals surface area contributed by atoms with Crippen LogP contribution in [0.25, 0.3) is 0 Å². The fourth-order valence-corrected chi connectivity index (χ4v) is 2.26. The lowest BCUT2D eigenvalue weighted by Gasteiger charge is -2.34. The first-order chi connectivity index (χ1) is 8.22. The largest absolute Gasteiger partial charge is 0.467 e. The Morgan fingerprint density at radius 3 is 3.06 bits per heavy atom. The second-order valence-corrected chi connectivity index (χ2v) is 4.42. The standard InChI is InChI=1S/C13H18N2O2/c1-10-6-7-14-12(9-10)15-8-4-3-5-11(15)13(16)17-2/h6-7,9,11H,3-5,8H2,1-2H3. The van der Waals surface area contributed by atoms with E-state index in [0.29, 0.717) is 0 Å². The maximum absolute atomic E-state index is 11.7. The number of methoxy groups -OCH3 is 1. The normalized spacial score (nSPS) is 20.1. The molecule has 0 N–H and O–H groups in total. The van der Waals surface area contributed by atoms with Crippen LogP contribution in [0.4, 0.5) is 5.82 Å². The third-order valence-corrected chi connectivity index (χ3v) is 3.17. The molecule has 0 saturated carbocycles. The van der Waals surface area contributed by atoms with Gasteiger partial charge in [-0.3, -0.25) is 0 Å². The van der Waals surface area contributed by atoms with Crippen LogP contribution in [0.1, 0.15) is 24.8 Å². The fraction of sp³-hybridized carbons (Fsp3) is 0.538. The molecule has 1 saturated heterocycles. The Bertz CT molecular complexity index is 406. The van der Waals surface area contributed by atoms with Crippen molar-refractivity contribution in [2.45, 2.75) is 32.2 Å². The maximum Gasteiger partial charge on any atom is 0.328 e. The van der Waals surface area contributed by atoms with E-state index in [4.69, 9.17) is 4.74 Å². The van der Waals surface area contributed by atoms with Crippen LogP contribution in [0.2, 0.25) is 0 Å². The summed E-state index contributed by atoms with van der Waals surface area (Å²) in [6.07, 6.45) is 4.81. The SMILES string of the molecule is COC(=O)C1CCCCN1c1cc(C)ccn1. The highest BCUT2D eigenvalue weighted by Crippen LogP contribution is 2.24. The lowest BCUT2D eigenvalue weighted by molar-refractivity contribution is -0.142. The summed E-state index contributed by atoms with van der Waals surface area (Å²) in [7, 11) is 1.44. The zero-order chi connectivity index (χ0) is 12.3. The summed E-state index contributed by atoms with van der Waals surface area (Å²) in [5.41, 5.74) is 1.16. The number of anilines is 1. The van der Waals surface area contributed by atoms with Gasteiger partial charge in [-0.25, -0.2) is 9.78 Å². The van der Waals surface area contributed by atoms with Gasteiger partial charge in [0.2, 0.25) is 0 Å². The Morgan fingerprint density at radius 1 is 1.53 bits per heavy atom. The van der Waals surface area contributed by atoms with Gasteiger partial charge in [-0.05, 0) is 43.9 Å². The molecule has 0 bridgehead atoms. The molecule has 2 rings (SSSR count). The van der Waals surface area contributed by atoms with Gasteiger partial charge in [0.05, 0.1) is 7.11 Å². The van der Waals surface area contributed by atoms with Gasteiger partial charge >= 0.3 is 5.97 Å². The first kappa shape index (κ1) is 11.9. The highest BCUT2D eigenvalue weighted by Gasteiger charge is 2.30. The Kier molecular flexibility index (Phi) is 3.61.